The lowest BCUT2D eigenvalue weighted by atomic mass is 10.3. The molecule has 0 heterocycles. The molecule has 0 saturated heterocycles. The van der Waals surface area contributed by atoms with Crippen molar-refractivity contribution >= 4 is 62.1 Å². The lowest BCUT2D eigenvalue weighted by Crippen LogP contribution is -2.14. The molecule has 0 aliphatic carbocycles. The number of sulfonamides is 1. The number of alkyl halides is 1. The molecule has 1 N–H and O–H groups in total. The second-order valence-corrected chi connectivity index (χ2v) is 6.13. The first kappa shape index (κ1) is 13.2. The minimum atomic E-state index is -3.63. The van der Waals surface area contributed by atoms with Crippen molar-refractivity contribution in [3.05, 3.63) is 27.2 Å². The molecule has 0 atom stereocenters. The molecule has 0 radical (unpaired) electrons. The fraction of sp³-hybridized carbons (Fsp3) is 0.143. The molecule has 0 unspecified atom stereocenters. The molecule has 0 amide bonds. The number of hydrogen-bond donors (Lipinski definition) is 1. The monoisotopic (exact) mass is 307 g/mol. The van der Waals surface area contributed by atoms with E-state index in [1.165, 1.54) is 12.1 Å². The van der Waals surface area contributed by atoms with Gasteiger partial charge in [0.2, 0.25) is 10.0 Å². The summed E-state index contributed by atoms with van der Waals surface area (Å²) in [5.41, 5.74) is 0.0726. The Kier molecular flexibility index (Phi) is 4.38. The van der Waals surface area contributed by atoms with Crippen molar-refractivity contribution in [2.75, 3.05) is 9.93 Å². The van der Waals surface area contributed by atoms with Crippen LogP contribution in [0.5, 0.6) is 0 Å². The number of anilines is 1. The molecule has 0 saturated carbocycles. The molecule has 0 aliphatic rings. The minimum absolute atomic E-state index is 0.0726. The van der Waals surface area contributed by atoms with Crippen molar-refractivity contribution in [3.8, 4) is 0 Å². The van der Waals surface area contributed by atoms with Crippen LogP contribution in [0.25, 0.3) is 0 Å². The first-order chi connectivity index (χ1) is 6.85. The van der Waals surface area contributed by atoms with Crippen LogP contribution in [-0.4, -0.2) is 13.6 Å². The van der Waals surface area contributed by atoms with Gasteiger partial charge in [0.15, 0.2) is 0 Å². The molecule has 1 aromatic rings. The summed E-state index contributed by atoms with van der Waals surface area (Å²) < 4.78 is 24.5. The largest absolute Gasteiger partial charge is 0.280 e. The van der Waals surface area contributed by atoms with Crippen LogP contribution in [0.2, 0.25) is 15.1 Å². The molecule has 0 aromatic heterocycles. The van der Waals surface area contributed by atoms with Crippen LogP contribution in [0.4, 0.5) is 5.69 Å². The van der Waals surface area contributed by atoms with E-state index in [9.17, 15) is 8.42 Å². The Hall–Kier alpha value is 0.130. The highest BCUT2D eigenvalue weighted by Crippen LogP contribution is 2.34. The van der Waals surface area contributed by atoms with Gasteiger partial charge >= 0.3 is 0 Å². The Morgan fingerprint density at radius 3 is 2.00 bits per heavy atom. The van der Waals surface area contributed by atoms with Gasteiger partial charge in [-0.3, -0.25) is 4.72 Å². The Morgan fingerprint density at radius 2 is 1.60 bits per heavy atom. The van der Waals surface area contributed by atoms with Crippen molar-refractivity contribution in [1.82, 2.24) is 0 Å². The third-order valence-electron chi connectivity index (χ3n) is 1.41. The zero-order valence-corrected chi connectivity index (χ0v) is 10.9. The summed E-state index contributed by atoms with van der Waals surface area (Å²) >= 11 is 22.4. The highest BCUT2D eigenvalue weighted by molar-refractivity contribution is 7.93. The normalized spacial score (nSPS) is 11.5. The van der Waals surface area contributed by atoms with Gasteiger partial charge in [-0.2, -0.15) is 0 Å². The lowest BCUT2D eigenvalue weighted by Gasteiger charge is -2.09. The maximum atomic E-state index is 11.2. The van der Waals surface area contributed by atoms with Gasteiger partial charge in [0, 0.05) is 5.02 Å². The predicted octanol–water partition coefficient (Wildman–Crippen LogP) is 3.58. The molecular formula is C7H5Cl4NO2S. The van der Waals surface area contributed by atoms with E-state index in [1.54, 1.807) is 0 Å². The minimum Gasteiger partial charge on any atom is -0.280 e. The molecule has 0 aliphatic heterocycles. The number of halogens is 4. The molecule has 84 valence electrons. The zero-order valence-electron chi connectivity index (χ0n) is 7.10. The molecular weight excluding hydrogens is 304 g/mol. The van der Waals surface area contributed by atoms with Crippen LogP contribution in [0.1, 0.15) is 0 Å². The van der Waals surface area contributed by atoms with Crippen LogP contribution >= 0.6 is 46.4 Å². The summed E-state index contributed by atoms with van der Waals surface area (Å²) in [6, 6.07) is 2.75. The topological polar surface area (TPSA) is 46.2 Å². The van der Waals surface area contributed by atoms with Crippen LogP contribution in [0.3, 0.4) is 0 Å². The Bertz CT molecular complexity index is 451. The van der Waals surface area contributed by atoms with Crippen molar-refractivity contribution in [3.63, 3.8) is 0 Å². The summed E-state index contributed by atoms with van der Waals surface area (Å²) in [4.78, 5) is 0. The van der Waals surface area contributed by atoms with E-state index in [0.717, 1.165) is 0 Å². The highest BCUT2D eigenvalue weighted by atomic mass is 35.5. The van der Waals surface area contributed by atoms with Crippen molar-refractivity contribution < 1.29 is 8.42 Å². The Labute approximate surface area is 107 Å². The van der Waals surface area contributed by atoms with Gasteiger partial charge in [-0.15, -0.1) is 11.6 Å². The number of rotatable bonds is 3. The fourth-order valence-corrected chi connectivity index (χ4v) is 2.60. The van der Waals surface area contributed by atoms with Crippen LogP contribution < -0.4 is 4.72 Å². The highest BCUT2D eigenvalue weighted by Gasteiger charge is 2.14. The Balaban J connectivity index is 3.17. The lowest BCUT2D eigenvalue weighted by molar-refractivity contribution is 0.605. The molecule has 0 spiro atoms. The first-order valence-electron chi connectivity index (χ1n) is 3.57. The number of hydrogen-bond acceptors (Lipinski definition) is 2. The average Bonchev–Trinajstić information content (AvgIpc) is 2.11. The van der Waals surface area contributed by atoms with E-state index in [4.69, 9.17) is 46.4 Å². The van der Waals surface area contributed by atoms with Crippen LogP contribution in [-0.2, 0) is 10.0 Å². The quantitative estimate of drug-likeness (QED) is 0.867. The Morgan fingerprint density at radius 1 is 1.13 bits per heavy atom. The van der Waals surface area contributed by atoms with Gasteiger partial charge in [-0.25, -0.2) is 8.42 Å². The predicted molar refractivity (Wildman–Crippen MR) is 64.7 cm³/mol. The molecule has 0 bridgehead atoms. The standard InChI is InChI=1S/C7H5Cl4NO2S/c8-3-15(13,14)12-7-5(10)1-4(9)2-6(7)11/h1-2,12H,3H2. The summed E-state index contributed by atoms with van der Waals surface area (Å²) in [5.74, 6) is 0. The van der Waals surface area contributed by atoms with E-state index in [1.807, 2.05) is 0 Å². The van der Waals surface area contributed by atoms with E-state index >= 15 is 0 Å². The number of benzene rings is 1. The van der Waals surface area contributed by atoms with Crippen molar-refractivity contribution in [1.29, 1.82) is 0 Å². The van der Waals surface area contributed by atoms with Gasteiger partial charge in [0.1, 0.15) is 5.21 Å². The summed E-state index contributed by atoms with van der Waals surface area (Å²) in [6.45, 7) is 0. The SMILES string of the molecule is O=S(=O)(CCl)Nc1c(Cl)cc(Cl)cc1Cl. The third-order valence-corrected chi connectivity index (χ3v) is 3.89. The molecule has 1 aromatic carbocycles. The summed E-state index contributed by atoms with van der Waals surface area (Å²) in [5, 5.41) is -0.0383. The van der Waals surface area contributed by atoms with E-state index in [-0.39, 0.29) is 15.7 Å². The van der Waals surface area contributed by atoms with Crippen molar-refractivity contribution in [2.45, 2.75) is 0 Å². The van der Waals surface area contributed by atoms with Gasteiger partial charge < -0.3 is 0 Å². The second kappa shape index (κ2) is 4.97. The first-order valence-corrected chi connectivity index (χ1v) is 6.89. The molecule has 1 rings (SSSR count). The third kappa shape index (κ3) is 3.57. The molecule has 3 nitrogen and oxygen atoms in total. The van der Waals surface area contributed by atoms with Crippen LogP contribution in [0.15, 0.2) is 12.1 Å². The van der Waals surface area contributed by atoms with E-state index < -0.39 is 15.2 Å². The van der Waals surface area contributed by atoms with Crippen molar-refractivity contribution in [2.24, 2.45) is 0 Å². The number of nitrogens with one attached hydrogen (secondary N) is 1. The maximum Gasteiger partial charge on any atom is 0.246 e. The maximum absolute atomic E-state index is 11.2. The zero-order chi connectivity index (χ0) is 11.6. The fourth-order valence-electron chi connectivity index (χ4n) is 0.822. The second-order valence-electron chi connectivity index (χ2n) is 2.57. The van der Waals surface area contributed by atoms with E-state index in [2.05, 4.69) is 4.72 Å². The van der Waals surface area contributed by atoms with Gasteiger partial charge in [-0.1, -0.05) is 34.8 Å². The average molecular weight is 309 g/mol. The van der Waals surface area contributed by atoms with Crippen LogP contribution in [0, 0.1) is 0 Å². The van der Waals surface area contributed by atoms with Gasteiger partial charge in [0.05, 0.1) is 15.7 Å². The molecule has 8 heteroatoms. The molecule has 0 fully saturated rings. The summed E-state index contributed by atoms with van der Waals surface area (Å²) in [7, 11) is -3.63. The van der Waals surface area contributed by atoms with Gasteiger partial charge in [-0.05, 0) is 12.1 Å². The smallest absolute Gasteiger partial charge is 0.246 e. The van der Waals surface area contributed by atoms with E-state index in [0.29, 0.717) is 5.02 Å². The molecule has 15 heavy (non-hydrogen) atoms. The van der Waals surface area contributed by atoms with Gasteiger partial charge in [0.25, 0.3) is 0 Å². The summed E-state index contributed by atoms with van der Waals surface area (Å²) in [6.07, 6.45) is 0.